The van der Waals surface area contributed by atoms with Crippen LogP contribution in [0.1, 0.15) is 23.7 Å². The van der Waals surface area contributed by atoms with E-state index >= 15 is 0 Å². The minimum absolute atomic E-state index is 0.120. The first kappa shape index (κ1) is 13.1. The third-order valence-corrected chi connectivity index (χ3v) is 2.68. The molecule has 0 aliphatic rings. The van der Waals surface area contributed by atoms with Crippen molar-refractivity contribution in [1.82, 2.24) is 4.98 Å². The van der Waals surface area contributed by atoms with E-state index in [9.17, 15) is 4.79 Å². The fourth-order valence-electron chi connectivity index (χ4n) is 1.73. The van der Waals surface area contributed by atoms with E-state index in [-0.39, 0.29) is 5.91 Å². The van der Waals surface area contributed by atoms with Crippen LogP contribution in [0.3, 0.4) is 0 Å². The number of aromatic nitrogens is 1. The molecule has 2 N–H and O–H groups in total. The lowest BCUT2D eigenvalue weighted by Crippen LogP contribution is -2.15. The number of amides is 1. The molecule has 19 heavy (non-hydrogen) atoms. The van der Waals surface area contributed by atoms with Crippen molar-refractivity contribution in [3.8, 4) is 0 Å². The molecule has 0 radical (unpaired) electrons. The highest BCUT2D eigenvalue weighted by atomic mass is 16.1. The number of nitrogens with one attached hydrogen (secondary N) is 2. The highest BCUT2D eigenvalue weighted by Crippen LogP contribution is 2.17. The number of para-hydroxylation sites is 1. The Balaban J connectivity index is 2.14. The maximum absolute atomic E-state index is 12.2. The third-order valence-electron chi connectivity index (χ3n) is 2.68. The molecular formula is C15H17N3O. The summed E-state index contributed by atoms with van der Waals surface area (Å²) in [5.74, 6) is -0.120. The number of nitrogens with zero attached hydrogens (tertiary/aromatic N) is 1. The van der Waals surface area contributed by atoms with Gasteiger partial charge in [0.1, 0.15) is 0 Å². The molecule has 0 unspecified atom stereocenters. The van der Waals surface area contributed by atoms with Gasteiger partial charge in [0.2, 0.25) is 0 Å². The molecule has 2 rings (SSSR count). The molecule has 4 nitrogen and oxygen atoms in total. The maximum atomic E-state index is 12.2. The van der Waals surface area contributed by atoms with Crippen LogP contribution in [0.15, 0.2) is 48.8 Å². The first-order valence-electron chi connectivity index (χ1n) is 6.35. The Kier molecular flexibility index (Phi) is 4.50. The van der Waals surface area contributed by atoms with E-state index in [1.54, 1.807) is 24.5 Å². The van der Waals surface area contributed by atoms with Gasteiger partial charge in [-0.2, -0.15) is 0 Å². The van der Waals surface area contributed by atoms with Gasteiger partial charge in [-0.25, -0.2) is 0 Å². The third kappa shape index (κ3) is 3.55. The monoisotopic (exact) mass is 255 g/mol. The molecule has 1 aromatic heterocycles. The van der Waals surface area contributed by atoms with Crippen molar-refractivity contribution in [2.24, 2.45) is 0 Å². The molecule has 0 aliphatic carbocycles. The molecule has 0 fully saturated rings. The highest BCUT2D eigenvalue weighted by Gasteiger charge is 2.10. The first-order chi connectivity index (χ1) is 9.31. The lowest BCUT2D eigenvalue weighted by molar-refractivity contribution is 0.102. The lowest BCUT2D eigenvalue weighted by Gasteiger charge is -2.11. The van der Waals surface area contributed by atoms with Crippen molar-refractivity contribution < 1.29 is 4.79 Å². The Morgan fingerprint density at radius 1 is 1.16 bits per heavy atom. The van der Waals surface area contributed by atoms with E-state index in [0.717, 1.165) is 24.3 Å². The van der Waals surface area contributed by atoms with Crippen LogP contribution in [0.2, 0.25) is 0 Å². The number of anilines is 2. The van der Waals surface area contributed by atoms with Crippen molar-refractivity contribution in [2.45, 2.75) is 13.3 Å². The Morgan fingerprint density at radius 2 is 1.89 bits per heavy atom. The van der Waals surface area contributed by atoms with Gasteiger partial charge in [-0.05, 0) is 30.7 Å². The molecule has 0 saturated heterocycles. The molecule has 0 aliphatic heterocycles. The average Bonchev–Trinajstić information content (AvgIpc) is 2.46. The largest absolute Gasteiger partial charge is 0.384 e. The van der Waals surface area contributed by atoms with Crippen molar-refractivity contribution in [1.29, 1.82) is 0 Å². The van der Waals surface area contributed by atoms with Gasteiger partial charge in [-0.15, -0.1) is 0 Å². The van der Waals surface area contributed by atoms with Crippen LogP contribution in [-0.4, -0.2) is 17.4 Å². The van der Waals surface area contributed by atoms with E-state index in [4.69, 9.17) is 0 Å². The van der Waals surface area contributed by atoms with Crippen LogP contribution in [0.4, 0.5) is 11.4 Å². The summed E-state index contributed by atoms with van der Waals surface area (Å²) < 4.78 is 0. The number of carbonyl (C=O) groups is 1. The van der Waals surface area contributed by atoms with Gasteiger partial charge in [0, 0.05) is 30.3 Å². The first-order valence-corrected chi connectivity index (χ1v) is 6.35. The van der Waals surface area contributed by atoms with Crippen molar-refractivity contribution in [2.75, 3.05) is 17.2 Å². The topological polar surface area (TPSA) is 54.0 Å². The van der Waals surface area contributed by atoms with Crippen molar-refractivity contribution >= 4 is 17.3 Å². The van der Waals surface area contributed by atoms with Gasteiger partial charge < -0.3 is 10.6 Å². The molecule has 0 atom stereocenters. The summed E-state index contributed by atoms with van der Waals surface area (Å²) >= 11 is 0. The van der Waals surface area contributed by atoms with E-state index in [1.807, 2.05) is 24.3 Å². The predicted molar refractivity (Wildman–Crippen MR) is 77.4 cm³/mol. The van der Waals surface area contributed by atoms with Gasteiger partial charge in [-0.3, -0.25) is 9.78 Å². The molecule has 0 bridgehead atoms. The molecular weight excluding hydrogens is 238 g/mol. The van der Waals surface area contributed by atoms with E-state index in [1.165, 1.54) is 0 Å². The summed E-state index contributed by atoms with van der Waals surface area (Å²) in [5, 5.41) is 6.11. The van der Waals surface area contributed by atoms with Crippen LogP contribution in [0, 0.1) is 0 Å². The summed E-state index contributed by atoms with van der Waals surface area (Å²) in [6.07, 6.45) is 4.31. The molecule has 1 heterocycles. The van der Waals surface area contributed by atoms with Crippen molar-refractivity contribution in [3.05, 3.63) is 54.4 Å². The number of hydrogen-bond acceptors (Lipinski definition) is 3. The standard InChI is InChI=1S/C15H17N3O/c1-2-9-17-14-6-4-3-5-13(14)15(19)18-12-7-10-16-11-8-12/h3-8,10-11,17H,2,9H2,1H3,(H,16,18,19). The zero-order chi connectivity index (χ0) is 13.5. The molecule has 1 amide bonds. The van der Waals surface area contributed by atoms with Gasteiger partial charge in [0.05, 0.1) is 5.56 Å². The smallest absolute Gasteiger partial charge is 0.257 e. The normalized spacial score (nSPS) is 9.95. The number of pyridine rings is 1. The Labute approximate surface area is 112 Å². The zero-order valence-electron chi connectivity index (χ0n) is 10.9. The summed E-state index contributed by atoms with van der Waals surface area (Å²) in [6, 6.07) is 11.0. The van der Waals surface area contributed by atoms with Crippen molar-refractivity contribution in [3.63, 3.8) is 0 Å². The van der Waals surface area contributed by atoms with Crippen LogP contribution in [-0.2, 0) is 0 Å². The molecule has 98 valence electrons. The summed E-state index contributed by atoms with van der Waals surface area (Å²) in [5.41, 5.74) is 2.24. The Hall–Kier alpha value is -2.36. The second-order valence-corrected chi connectivity index (χ2v) is 4.16. The quantitative estimate of drug-likeness (QED) is 0.863. The van der Waals surface area contributed by atoms with Gasteiger partial charge >= 0.3 is 0 Å². The zero-order valence-corrected chi connectivity index (χ0v) is 10.9. The number of hydrogen-bond donors (Lipinski definition) is 2. The molecule has 0 spiro atoms. The molecule has 1 aromatic carbocycles. The minimum atomic E-state index is -0.120. The summed E-state index contributed by atoms with van der Waals surface area (Å²) in [4.78, 5) is 16.1. The molecule has 0 saturated carbocycles. The lowest BCUT2D eigenvalue weighted by atomic mass is 10.1. The van der Waals surface area contributed by atoms with Crippen LogP contribution in [0.5, 0.6) is 0 Å². The van der Waals surface area contributed by atoms with Gasteiger partial charge in [0.25, 0.3) is 5.91 Å². The molecule has 4 heteroatoms. The summed E-state index contributed by atoms with van der Waals surface area (Å²) in [6.45, 7) is 2.94. The predicted octanol–water partition coefficient (Wildman–Crippen LogP) is 3.16. The van der Waals surface area contributed by atoms with Gasteiger partial charge in [0.15, 0.2) is 0 Å². The van der Waals surface area contributed by atoms with E-state index < -0.39 is 0 Å². The summed E-state index contributed by atoms with van der Waals surface area (Å²) in [7, 11) is 0. The fraction of sp³-hybridized carbons (Fsp3) is 0.200. The Bertz CT molecular complexity index is 540. The second-order valence-electron chi connectivity index (χ2n) is 4.16. The number of benzene rings is 1. The van der Waals surface area contributed by atoms with E-state index in [0.29, 0.717) is 5.56 Å². The minimum Gasteiger partial charge on any atom is -0.384 e. The maximum Gasteiger partial charge on any atom is 0.257 e. The average molecular weight is 255 g/mol. The van der Waals surface area contributed by atoms with Crippen LogP contribution >= 0.6 is 0 Å². The Morgan fingerprint density at radius 3 is 2.63 bits per heavy atom. The fourth-order valence-corrected chi connectivity index (χ4v) is 1.73. The highest BCUT2D eigenvalue weighted by molar-refractivity contribution is 6.07. The molecule has 2 aromatic rings. The number of rotatable bonds is 5. The number of carbonyl (C=O) groups excluding carboxylic acids is 1. The van der Waals surface area contributed by atoms with Crippen LogP contribution < -0.4 is 10.6 Å². The van der Waals surface area contributed by atoms with E-state index in [2.05, 4.69) is 22.5 Å². The van der Waals surface area contributed by atoms with Crippen LogP contribution in [0.25, 0.3) is 0 Å². The van der Waals surface area contributed by atoms with Gasteiger partial charge in [-0.1, -0.05) is 19.1 Å². The second kappa shape index (κ2) is 6.54. The SMILES string of the molecule is CCCNc1ccccc1C(=O)Nc1ccncc1.